The highest BCUT2D eigenvalue weighted by molar-refractivity contribution is 6.18. The lowest BCUT2D eigenvalue weighted by Gasteiger charge is -2.40. The second kappa shape index (κ2) is 11.8. The summed E-state index contributed by atoms with van der Waals surface area (Å²) in [6.07, 6.45) is 2.71. The molecule has 1 amide bonds. The van der Waals surface area contributed by atoms with Crippen molar-refractivity contribution in [2.75, 3.05) is 37.4 Å². The number of nitrogens with one attached hydrogen (secondary N) is 3. The van der Waals surface area contributed by atoms with Crippen molar-refractivity contribution in [3.05, 3.63) is 69.3 Å². The summed E-state index contributed by atoms with van der Waals surface area (Å²) in [5.41, 5.74) is 5.62. The maximum Gasteiger partial charge on any atom is 0.297 e. The average molecular weight is 541 g/mol. The predicted molar refractivity (Wildman–Crippen MR) is 142 cm³/mol. The Hall–Kier alpha value is -3.70. The van der Waals surface area contributed by atoms with Crippen molar-refractivity contribution in [1.29, 1.82) is 0 Å². The number of benzene rings is 1. The minimum atomic E-state index is -0.547. The minimum absolute atomic E-state index is 0.00253. The fraction of sp³-hybridized carbons (Fsp3) is 0.423. The molecule has 2 bridgehead atoms. The largest absolute Gasteiger partial charge is 0.493 e. The molecule has 2 aliphatic rings. The van der Waals surface area contributed by atoms with Crippen molar-refractivity contribution >= 4 is 29.5 Å². The van der Waals surface area contributed by atoms with E-state index in [1.54, 1.807) is 12.3 Å². The number of fused-ring (bicyclic) bond motifs is 4. The number of pyridine rings is 1. The van der Waals surface area contributed by atoms with Crippen molar-refractivity contribution in [2.24, 2.45) is 11.0 Å². The first-order chi connectivity index (χ1) is 18.6. The van der Waals surface area contributed by atoms with Gasteiger partial charge in [-0.1, -0.05) is 6.07 Å². The van der Waals surface area contributed by atoms with Crippen LogP contribution in [0, 0.1) is 5.92 Å². The fourth-order valence-electron chi connectivity index (χ4n) is 5.49. The van der Waals surface area contributed by atoms with Crippen LogP contribution in [0.4, 0.5) is 5.82 Å². The summed E-state index contributed by atoms with van der Waals surface area (Å²) < 4.78 is 12.5. The molecule has 3 aromatic rings. The lowest BCUT2D eigenvalue weighted by Crippen LogP contribution is -3.13. The molecule has 0 aliphatic carbocycles. The maximum absolute atomic E-state index is 12.4. The van der Waals surface area contributed by atoms with Crippen LogP contribution in [0.25, 0.3) is 0 Å². The quantitative estimate of drug-likeness (QED) is 0.200. The van der Waals surface area contributed by atoms with Crippen molar-refractivity contribution in [3.63, 3.8) is 0 Å². The third-order valence-electron chi connectivity index (χ3n) is 6.97. The normalized spacial score (nSPS) is 20.2. The lowest BCUT2D eigenvalue weighted by molar-refractivity contribution is -0.924. The number of piperidine rings is 1. The van der Waals surface area contributed by atoms with E-state index < -0.39 is 5.91 Å². The van der Waals surface area contributed by atoms with Crippen LogP contribution in [-0.4, -0.2) is 59.1 Å². The van der Waals surface area contributed by atoms with Crippen LogP contribution in [0.2, 0.25) is 0 Å². The first-order valence-corrected chi connectivity index (χ1v) is 13.3. The highest BCUT2D eigenvalue weighted by Crippen LogP contribution is 2.30. The minimum Gasteiger partial charge on any atom is -0.493 e. The monoisotopic (exact) mass is 540 g/mol. The molecule has 1 aromatic carbocycles. The number of hydrogen-bond donors (Lipinski definition) is 3. The van der Waals surface area contributed by atoms with E-state index >= 15 is 0 Å². The van der Waals surface area contributed by atoms with Crippen LogP contribution in [-0.2, 0) is 13.1 Å². The van der Waals surface area contributed by atoms with Gasteiger partial charge in [-0.05, 0) is 53.5 Å². The molecule has 1 saturated heterocycles. The summed E-state index contributed by atoms with van der Waals surface area (Å²) in [5, 5.41) is 14.3. The molecule has 3 unspecified atom stereocenters. The first kappa shape index (κ1) is 25.9. The number of quaternary nitrogens is 1. The Labute approximate surface area is 224 Å². The topological polar surface area (TPSA) is 128 Å². The zero-order chi connectivity index (χ0) is 26.5. The Morgan fingerprint density at radius 2 is 2.21 bits per heavy atom. The van der Waals surface area contributed by atoms with Gasteiger partial charge >= 0.3 is 0 Å². The standard InChI is InChI=1S/C26H30ClN7O4/c1-2-37-22-7-6-17(12-29-30-26(36)24-25(28-9-8-27)32-38-31-24)10-20(22)16-33-13-18-11-19(15-33)21-4-3-5-23(35)34(21)14-18/h3-7,10,12,18-19H,2,8-9,11,13-16H2,1H3,(H,28,32)(H,30,36)/p+1. The SMILES string of the molecule is CCOc1ccc(C=NNC(=O)c2nonc2NCCCl)cc1C[NH+]1CC2CC(C1)c1cccc(=O)n1C2. The van der Waals surface area contributed by atoms with Crippen molar-refractivity contribution in [2.45, 2.75) is 32.4 Å². The summed E-state index contributed by atoms with van der Waals surface area (Å²) >= 11 is 5.67. The third-order valence-corrected chi connectivity index (χ3v) is 7.16. The number of alkyl halides is 1. The number of amides is 1. The van der Waals surface area contributed by atoms with Crippen LogP contribution in [0.5, 0.6) is 5.75 Å². The van der Waals surface area contributed by atoms with Crippen molar-refractivity contribution in [1.82, 2.24) is 20.3 Å². The number of likely N-dealkylation sites (tertiary alicyclic amines) is 1. The number of ether oxygens (including phenoxy) is 1. The molecule has 200 valence electrons. The Bertz CT molecular complexity index is 1370. The highest BCUT2D eigenvalue weighted by atomic mass is 35.5. The second-order valence-electron chi connectivity index (χ2n) is 9.61. The molecule has 1 fully saturated rings. The predicted octanol–water partition coefficient (Wildman–Crippen LogP) is 1.25. The Kier molecular flexibility index (Phi) is 8.04. The number of halogens is 1. The van der Waals surface area contributed by atoms with E-state index in [1.165, 1.54) is 4.90 Å². The number of anilines is 1. The molecule has 0 saturated carbocycles. The number of carbonyl (C=O) groups is 1. The summed E-state index contributed by atoms with van der Waals surface area (Å²) in [6.45, 7) is 6.50. The van der Waals surface area contributed by atoms with Crippen LogP contribution in [0.3, 0.4) is 0 Å². The molecule has 0 radical (unpaired) electrons. The summed E-state index contributed by atoms with van der Waals surface area (Å²) in [4.78, 5) is 26.3. The molecule has 0 spiro atoms. The molecule has 38 heavy (non-hydrogen) atoms. The molecule has 3 atom stereocenters. The Morgan fingerprint density at radius 1 is 1.32 bits per heavy atom. The number of carbonyl (C=O) groups excluding carboxylic acids is 1. The van der Waals surface area contributed by atoms with Crippen LogP contribution >= 0.6 is 11.6 Å². The van der Waals surface area contributed by atoms with Gasteiger partial charge in [0.1, 0.15) is 12.3 Å². The van der Waals surface area contributed by atoms with Gasteiger partial charge in [-0.3, -0.25) is 9.59 Å². The van der Waals surface area contributed by atoms with E-state index in [4.69, 9.17) is 16.3 Å². The summed E-state index contributed by atoms with van der Waals surface area (Å²) in [6, 6.07) is 11.5. The zero-order valence-corrected chi connectivity index (χ0v) is 21.9. The van der Waals surface area contributed by atoms with E-state index in [1.807, 2.05) is 35.8 Å². The second-order valence-corrected chi connectivity index (χ2v) is 9.99. The Morgan fingerprint density at radius 3 is 3.05 bits per heavy atom. The van der Waals surface area contributed by atoms with Crippen molar-refractivity contribution in [3.8, 4) is 5.75 Å². The molecule has 12 heteroatoms. The first-order valence-electron chi connectivity index (χ1n) is 12.8. The van der Waals surface area contributed by atoms with E-state index in [2.05, 4.69) is 36.9 Å². The fourth-order valence-corrected chi connectivity index (χ4v) is 5.58. The number of rotatable bonds is 10. The molecule has 2 aromatic heterocycles. The van der Waals surface area contributed by atoms with Gasteiger partial charge in [-0.2, -0.15) is 5.10 Å². The van der Waals surface area contributed by atoms with Crippen molar-refractivity contribution < 1.29 is 19.1 Å². The number of hydrazone groups is 1. The van der Waals surface area contributed by atoms with E-state index in [0.717, 1.165) is 55.2 Å². The van der Waals surface area contributed by atoms with Gasteiger partial charge < -0.3 is 19.5 Å². The van der Waals surface area contributed by atoms with Gasteiger partial charge in [-0.15, -0.1) is 11.6 Å². The molecule has 3 N–H and O–H groups in total. The molecule has 4 heterocycles. The van der Waals surface area contributed by atoms with E-state index in [0.29, 0.717) is 30.9 Å². The number of aromatic nitrogens is 3. The van der Waals surface area contributed by atoms with Gasteiger partial charge in [0, 0.05) is 48.1 Å². The number of nitrogens with zero attached hydrogens (tertiary/aromatic N) is 4. The third kappa shape index (κ3) is 5.73. The molecule has 5 rings (SSSR count). The lowest BCUT2D eigenvalue weighted by atomic mass is 9.83. The van der Waals surface area contributed by atoms with Gasteiger partial charge in [0.25, 0.3) is 11.5 Å². The van der Waals surface area contributed by atoms with Gasteiger partial charge in [0.05, 0.1) is 25.9 Å². The number of hydrogen-bond acceptors (Lipinski definition) is 8. The van der Waals surface area contributed by atoms with E-state index in [-0.39, 0.29) is 17.1 Å². The van der Waals surface area contributed by atoms with Gasteiger partial charge in [0.2, 0.25) is 11.5 Å². The molecular formula is C26H31ClN7O4+. The van der Waals surface area contributed by atoms with Crippen LogP contribution in [0.1, 0.15) is 46.6 Å². The zero-order valence-electron chi connectivity index (χ0n) is 21.2. The van der Waals surface area contributed by atoms with Crippen LogP contribution < -0.4 is 25.9 Å². The average Bonchev–Trinajstić information content (AvgIpc) is 3.38. The van der Waals surface area contributed by atoms with Crippen LogP contribution in [0.15, 0.2) is 50.9 Å². The van der Waals surface area contributed by atoms with Gasteiger partial charge in [0.15, 0.2) is 0 Å². The maximum atomic E-state index is 12.4. The molecule has 11 nitrogen and oxygen atoms in total. The molecule has 2 aliphatic heterocycles. The smallest absolute Gasteiger partial charge is 0.297 e. The summed E-state index contributed by atoms with van der Waals surface area (Å²) in [7, 11) is 0. The van der Waals surface area contributed by atoms with Gasteiger partial charge in [-0.25, -0.2) is 10.1 Å². The van der Waals surface area contributed by atoms with E-state index in [9.17, 15) is 9.59 Å². The Balaban J connectivity index is 1.28. The molecular weight excluding hydrogens is 510 g/mol. The summed E-state index contributed by atoms with van der Waals surface area (Å²) in [5.74, 6) is 1.70. The highest BCUT2D eigenvalue weighted by Gasteiger charge is 2.37.